The molecule has 0 amide bonds. The standard InChI is InChI=1S/C9H9NO3S/c1-2-7-13-8-5-3-4-6-9(8)14(10,11)12/h3-7H,1H2,(H2,10,11,12). The van der Waals surface area contributed by atoms with Gasteiger partial charge >= 0.3 is 0 Å². The minimum atomic E-state index is -3.76. The first-order chi connectivity index (χ1) is 6.55. The summed E-state index contributed by atoms with van der Waals surface area (Å²) in [4.78, 5) is -0.0634. The van der Waals surface area contributed by atoms with Gasteiger partial charge in [0.25, 0.3) is 0 Å². The molecule has 1 aromatic rings. The molecule has 14 heavy (non-hydrogen) atoms. The Balaban J connectivity index is 3.23. The Bertz CT molecular complexity index is 473. The summed E-state index contributed by atoms with van der Waals surface area (Å²) in [6.07, 6.45) is 1.16. The van der Waals surface area contributed by atoms with E-state index in [0.29, 0.717) is 0 Å². The maximum atomic E-state index is 11.1. The number of benzene rings is 1. The van der Waals surface area contributed by atoms with Gasteiger partial charge in [0, 0.05) is 0 Å². The molecule has 0 atom stereocenters. The smallest absolute Gasteiger partial charge is 0.241 e. The van der Waals surface area contributed by atoms with E-state index in [1.54, 1.807) is 12.1 Å². The maximum Gasteiger partial charge on any atom is 0.241 e. The average Bonchev–Trinajstić information content (AvgIpc) is 2.14. The first-order valence-corrected chi connectivity index (χ1v) is 5.23. The summed E-state index contributed by atoms with van der Waals surface area (Å²) >= 11 is 0. The highest BCUT2D eigenvalue weighted by atomic mass is 32.2. The summed E-state index contributed by atoms with van der Waals surface area (Å²) in [5.41, 5.74) is 2.36. The van der Waals surface area contributed by atoms with Gasteiger partial charge in [0.2, 0.25) is 10.0 Å². The third kappa shape index (κ3) is 2.47. The highest BCUT2D eigenvalue weighted by Crippen LogP contribution is 2.21. The number of hydrogen-bond donors (Lipinski definition) is 1. The van der Waals surface area contributed by atoms with E-state index >= 15 is 0 Å². The molecule has 1 rings (SSSR count). The molecular weight excluding hydrogens is 202 g/mol. The number of hydrogen-bond acceptors (Lipinski definition) is 3. The first-order valence-electron chi connectivity index (χ1n) is 3.68. The summed E-state index contributed by atoms with van der Waals surface area (Å²) in [6.45, 7) is 3.28. The van der Waals surface area contributed by atoms with E-state index in [-0.39, 0.29) is 10.6 Å². The Hall–Kier alpha value is -1.55. The van der Waals surface area contributed by atoms with Gasteiger partial charge in [-0.25, -0.2) is 13.6 Å². The molecule has 0 radical (unpaired) electrons. The molecule has 2 N–H and O–H groups in total. The number of rotatable bonds is 3. The van der Waals surface area contributed by atoms with Crippen molar-refractivity contribution in [1.29, 1.82) is 0 Å². The van der Waals surface area contributed by atoms with Crippen LogP contribution in [-0.2, 0) is 10.0 Å². The molecule has 0 unspecified atom stereocenters. The second-order valence-corrected chi connectivity index (χ2v) is 3.96. The van der Waals surface area contributed by atoms with Crippen LogP contribution in [0.15, 0.2) is 47.7 Å². The molecule has 4 nitrogen and oxygen atoms in total. The molecule has 0 spiro atoms. The van der Waals surface area contributed by atoms with Crippen LogP contribution in [-0.4, -0.2) is 8.42 Å². The van der Waals surface area contributed by atoms with Gasteiger partial charge in [-0.15, -0.1) is 0 Å². The van der Waals surface area contributed by atoms with E-state index in [1.807, 2.05) is 0 Å². The van der Waals surface area contributed by atoms with Crippen molar-refractivity contribution in [2.24, 2.45) is 5.14 Å². The van der Waals surface area contributed by atoms with E-state index in [1.165, 1.54) is 12.1 Å². The van der Waals surface area contributed by atoms with E-state index in [2.05, 4.69) is 12.3 Å². The number of sulfonamides is 1. The SMILES string of the molecule is C=C=COc1ccccc1S(N)(=O)=O. The summed E-state index contributed by atoms with van der Waals surface area (Å²) in [5, 5.41) is 4.97. The lowest BCUT2D eigenvalue weighted by atomic mass is 10.3. The lowest BCUT2D eigenvalue weighted by Crippen LogP contribution is -2.13. The minimum Gasteiger partial charge on any atom is -0.455 e. The predicted octanol–water partition coefficient (Wildman–Crippen LogP) is 1.01. The van der Waals surface area contributed by atoms with Crippen LogP contribution in [0.5, 0.6) is 5.75 Å². The highest BCUT2D eigenvalue weighted by Gasteiger charge is 2.13. The van der Waals surface area contributed by atoms with Gasteiger partial charge in [0.1, 0.15) is 16.9 Å². The predicted molar refractivity (Wildman–Crippen MR) is 52.2 cm³/mol. The topological polar surface area (TPSA) is 69.4 Å². The van der Waals surface area contributed by atoms with Gasteiger partial charge in [0.15, 0.2) is 0 Å². The van der Waals surface area contributed by atoms with Gasteiger partial charge in [-0.05, 0) is 12.1 Å². The summed E-state index contributed by atoms with van der Waals surface area (Å²) in [5.74, 6) is 0.158. The lowest BCUT2D eigenvalue weighted by molar-refractivity contribution is 0.467. The molecular formula is C9H9NO3S. The van der Waals surface area contributed by atoms with Crippen LogP contribution < -0.4 is 9.88 Å². The van der Waals surface area contributed by atoms with Gasteiger partial charge < -0.3 is 4.74 Å². The normalized spacial score (nSPS) is 10.4. The van der Waals surface area contributed by atoms with Crippen LogP contribution in [0.4, 0.5) is 0 Å². The summed E-state index contributed by atoms with van der Waals surface area (Å²) < 4.78 is 27.1. The monoisotopic (exact) mass is 211 g/mol. The largest absolute Gasteiger partial charge is 0.455 e. The third-order valence-corrected chi connectivity index (χ3v) is 2.38. The third-order valence-electron chi connectivity index (χ3n) is 1.42. The molecule has 0 aliphatic rings. The zero-order valence-corrected chi connectivity index (χ0v) is 8.12. The molecule has 0 saturated carbocycles. The molecule has 0 bridgehead atoms. The molecule has 1 aromatic carbocycles. The molecule has 5 heteroatoms. The fourth-order valence-electron chi connectivity index (χ4n) is 0.888. The molecule has 0 fully saturated rings. The zero-order chi connectivity index (χ0) is 10.6. The maximum absolute atomic E-state index is 11.1. The van der Waals surface area contributed by atoms with Crippen molar-refractivity contribution in [2.75, 3.05) is 0 Å². The fourth-order valence-corrected chi connectivity index (χ4v) is 1.55. The van der Waals surface area contributed by atoms with Gasteiger partial charge in [-0.3, -0.25) is 0 Å². The van der Waals surface area contributed by atoms with Crippen LogP contribution in [0.1, 0.15) is 0 Å². The van der Waals surface area contributed by atoms with Crippen molar-refractivity contribution >= 4 is 10.0 Å². The van der Waals surface area contributed by atoms with Gasteiger partial charge in [-0.2, -0.15) is 0 Å². The second kappa shape index (κ2) is 4.11. The van der Waals surface area contributed by atoms with E-state index in [0.717, 1.165) is 6.26 Å². The Kier molecular flexibility index (Phi) is 3.09. The highest BCUT2D eigenvalue weighted by molar-refractivity contribution is 7.89. The van der Waals surface area contributed by atoms with Crippen molar-refractivity contribution in [2.45, 2.75) is 4.90 Å². The van der Waals surface area contributed by atoms with Crippen molar-refractivity contribution < 1.29 is 13.2 Å². The zero-order valence-electron chi connectivity index (χ0n) is 7.30. The van der Waals surface area contributed by atoms with E-state index in [4.69, 9.17) is 9.88 Å². The summed E-state index contributed by atoms with van der Waals surface area (Å²) in [6, 6.07) is 6.06. The van der Waals surface area contributed by atoms with Crippen LogP contribution in [0.2, 0.25) is 0 Å². The lowest BCUT2D eigenvalue weighted by Gasteiger charge is -2.04. The molecule has 0 aliphatic carbocycles. The Morgan fingerprint density at radius 2 is 2.07 bits per heavy atom. The van der Waals surface area contributed by atoms with E-state index in [9.17, 15) is 8.42 Å². The molecule has 0 aliphatic heterocycles. The number of primary sulfonamides is 1. The summed E-state index contributed by atoms with van der Waals surface area (Å²) in [7, 11) is -3.76. The second-order valence-electron chi connectivity index (χ2n) is 2.43. The van der Waals surface area contributed by atoms with Gasteiger partial charge in [-0.1, -0.05) is 24.4 Å². The van der Waals surface area contributed by atoms with Crippen LogP contribution in [0.3, 0.4) is 0 Å². The van der Waals surface area contributed by atoms with Crippen molar-refractivity contribution in [1.82, 2.24) is 0 Å². The van der Waals surface area contributed by atoms with Crippen LogP contribution >= 0.6 is 0 Å². The van der Waals surface area contributed by atoms with Crippen molar-refractivity contribution in [3.8, 4) is 5.75 Å². The Morgan fingerprint density at radius 1 is 1.43 bits per heavy atom. The Labute approximate surface area is 82.4 Å². The van der Waals surface area contributed by atoms with E-state index < -0.39 is 10.0 Å². The van der Waals surface area contributed by atoms with Crippen molar-refractivity contribution in [3.63, 3.8) is 0 Å². The average molecular weight is 211 g/mol. The number of ether oxygens (including phenoxy) is 1. The van der Waals surface area contributed by atoms with Gasteiger partial charge in [0.05, 0.1) is 0 Å². The quantitative estimate of drug-likeness (QED) is 0.599. The van der Waals surface area contributed by atoms with Crippen LogP contribution in [0.25, 0.3) is 0 Å². The molecule has 0 heterocycles. The molecule has 0 aromatic heterocycles. The molecule has 74 valence electrons. The van der Waals surface area contributed by atoms with Crippen molar-refractivity contribution in [3.05, 3.63) is 42.8 Å². The molecule has 0 saturated heterocycles. The number of nitrogens with two attached hydrogens (primary N) is 1. The first kappa shape index (κ1) is 10.5. The fraction of sp³-hybridized carbons (Fsp3) is 0. The minimum absolute atomic E-state index is 0.0634. The number of para-hydroxylation sites is 1. The Morgan fingerprint density at radius 3 is 2.64 bits per heavy atom. The van der Waals surface area contributed by atoms with Crippen LogP contribution in [0, 0.1) is 0 Å².